The number of rotatable bonds is 5. The van der Waals surface area contributed by atoms with Gasteiger partial charge in [0, 0.05) is 19.0 Å². The smallest absolute Gasteiger partial charge is 0.404 e. The lowest BCUT2D eigenvalue weighted by molar-refractivity contribution is -0.118. The van der Waals surface area contributed by atoms with E-state index in [-0.39, 0.29) is 18.3 Å². The number of carbonyl (C=O) groups excluding carboxylic acids is 2. The van der Waals surface area contributed by atoms with Gasteiger partial charge in [-0.3, -0.25) is 4.79 Å². The summed E-state index contributed by atoms with van der Waals surface area (Å²) in [6, 6.07) is 3.50. The number of pyridine rings is 1. The number of nitrogens with one attached hydrogen (secondary N) is 1. The number of halogens is 1. The Labute approximate surface area is 150 Å². The molecule has 132 valence electrons. The van der Waals surface area contributed by atoms with Crippen molar-refractivity contribution in [3.8, 4) is 0 Å². The summed E-state index contributed by atoms with van der Waals surface area (Å²) in [5.41, 5.74) is 5.88. The molecule has 0 bridgehead atoms. The van der Waals surface area contributed by atoms with Crippen LogP contribution in [0.4, 0.5) is 16.4 Å². The SMILES string of the molecule is NC(=O)OCC1CN(c2nc3ccc(Br)nc3nc2NC(=O)CO)C1. The van der Waals surface area contributed by atoms with Gasteiger partial charge in [-0.1, -0.05) is 0 Å². The average Bonchev–Trinajstić information content (AvgIpc) is 2.53. The number of nitrogens with two attached hydrogens (primary N) is 1. The molecule has 0 atom stereocenters. The summed E-state index contributed by atoms with van der Waals surface area (Å²) in [6.45, 7) is 0.693. The molecular weight excluding hydrogens is 396 g/mol. The summed E-state index contributed by atoms with van der Waals surface area (Å²) in [4.78, 5) is 37.2. The Morgan fingerprint density at radius 3 is 2.80 bits per heavy atom. The summed E-state index contributed by atoms with van der Waals surface area (Å²) < 4.78 is 5.38. The summed E-state index contributed by atoms with van der Waals surface area (Å²) in [7, 11) is 0. The molecule has 2 aromatic heterocycles. The van der Waals surface area contributed by atoms with E-state index in [2.05, 4.69) is 36.2 Å². The van der Waals surface area contributed by atoms with Gasteiger partial charge in [-0.2, -0.15) is 0 Å². The first-order chi connectivity index (χ1) is 12.0. The zero-order valence-electron chi connectivity index (χ0n) is 13.0. The van der Waals surface area contributed by atoms with Crippen LogP contribution < -0.4 is 16.0 Å². The Kier molecular flexibility index (Phi) is 4.95. The Bertz CT molecular complexity index is 826. The first-order valence-corrected chi connectivity index (χ1v) is 8.17. The standard InChI is InChI=1S/C14H15BrN6O4/c15-9-2-1-8-11(18-9)20-12(19-10(23)5-22)13(17-8)21-3-7(4-21)6-25-14(16)24/h1-2,7,22H,3-6H2,(H2,16,24)(H,18,19,20,23). The van der Waals surface area contributed by atoms with Gasteiger partial charge in [0.2, 0.25) is 0 Å². The fraction of sp³-hybridized carbons (Fsp3) is 0.357. The number of ether oxygens (including phenoxy) is 1. The van der Waals surface area contributed by atoms with Crippen molar-refractivity contribution >= 4 is 50.7 Å². The minimum atomic E-state index is -0.809. The third-order valence-corrected chi connectivity index (χ3v) is 4.04. The van der Waals surface area contributed by atoms with Crippen LogP contribution in [-0.2, 0) is 9.53 Å². The lowest BCUT2D eigenvalue weighted by Crippen LogP contribution is -2.50. The maximum Gasteiger partial charge on any atom is 0.404 e. The number of aromatic nitrogens is 3. The van der Waals surface area contributed by atoms with E-state index in [0.717, 1.165) is 0 Å². The monoisotopic (exact) mass is 410 g/mol. The van der Waals surface area contributed by atoms with Crippen molar-refractivity contribution in [1.82, 2.24) is 15.0 Å². The molecule has 3 rings (SSSR count). The second kappa shape index (κ2) is 7.15. The maximum absolute atomic E-state index is 11.6. The van der Waals surface area contributed by atoms with Crippen LogP contribution in [0.1, 0.15) is 0 Å². The minimum absolute atomic E-state index is 0.120. The number of aliphatic hydroxyl groups excluding tert-OH is 1. The molecule has 0 saturated carbocycles. The number of nitrogens with zero attached hydrogens (tertiary/aromatic N) is 4. The molecule has 4 N–H and O–H groups in total. The van der Waals surface area contributed by atoms with Crippen molar-refractivity contribution in [3.05, 3.63) is 16.7 Å². The molecule has 0 unspecified atom stereocenters. The highest BCUT2D eigenvalue weighted by Gasteiger charge is 2.31. The molecule has 11 heteroatoms. The van der Waals surface area contributed by atoms with Gasteiger partial charge in [-0.05, 0) is 28.1 Å². The number of primary amides is 1. The molecule has 2 amide bonds. The quantitative estimate of drug-likeness (QED) is 0.594. The van der Waals surface area contributed by atoms with Crippen LogP contribution in [-0.4, -0.2) is 58.4 Å². The van der Waals surface area contributed by atoms with Crippen molar-refractivity contribution < 1.29 is 19.4 Å². The second-order valence-electron chi connectivity index (χ2n) is 5.48. The van der Waals surface area contributed by atoms with Crippen LogP contribution in [0.3, 0.4) is 0 Å². The van der Waals surface area contributed by atoms with Crippen LogP contribution in [0.15, 0.2) is 16.7 Å². The molecule has 25 heavy (non-hydrogen) atoms. The molecule has 10 nitrogen and oxygen atoms in total. The van der Waals surface area contributed by atoms with Crippen molar-refractivity contribution in [1.29, 1.82) is 0 Å². The van der Waals surface area contributed by atoms with Crippen LogP contribution in [0, 0.1) is 5.92 Å². The van der Waals surface area contributed by atoms with E-state index in [1.807, 2.05) is 4.90 Å². The molecule has 1 saturated heterocycles. The summed E-state index contributed by atoms with van der Waals surface area (Å²) in [5, 5.41) is 11.5. The molecule has 1 fully saturated rings. The number of anilines is 2. The van der Waals surface area contributed by atoms with Crippen LogP contribution in [0.5, 0.6) is 0 Å². The summed E-state index contributed by atoms with van der Waals surface area (Å²) in [6.07, 6.45) is -0.809. The van der Waals surface area contributed by atoms with Crippen LogP contribution in [0.25, 0.3) is 11.2 Å². The summed E-state index contributed by atoms with van der Waals surface area (Å²) in [5.74, 6) is 0.202. The molecule has 0 aromatic carbocycles. The topological polar surface area (TPSA) is 144 Å². The van der Waals surface area contributed by atoms with Gasteiger partial charge < -0.3 is 25.8 Å². The van der Waals surface area contributed by atoms with Crippen molar-refractivity contribution in [2.75, 3.05) is 36.5 Å². The fourth-order valence-electron chi connectivity index (χ4n) is 2.43. The van der Waals surface area contributed by atoms with Gasteiger partial charge in [-0.25, -0.2) is 19.7 Å². The molecule has 0 radical (unpaired) electrons. The Hall–Kier alpha value is -2.53. The van der Waals surface area contributed by atoms with E-state index < -0.39 is 18.6 Å². The highest BCUT2D eigenvalue weighted by molar-refractivity contribution is 9.10. The zero-order chi connectivity index (χ0) is 18.0. The number of amides is 2. The predicted octanol–water partition coefficient (Wildman–Crippen LogP) is 0.250. The number of hydrogen-bond acceptors (Lipinski definition) is 8. The summed E-state index contributed by atoms with van der Waals surface area (Å²) >= 11 is 3.26. The van der Waals surface area contributed by atoms with E-state index >= 15 is 0 Å². The number of fused-ring (bicyclic) bond motifs is 1. The third kappa shape index (κ3) is 3.94. The molecule has 0 spiro atoms. The van der Waals surface area contributed by atoms with Crippen molar-refractivity contribution in [2.24, 2.45) is 11.7 Å². The van der Waals surface area contributed by atoms with E-state index in [0.29, 0.717) is 34.7 Å². The second-order valence-corrected chi connectivity index (χ2v) is 6.29. The van der Waals surface area contributed by atoms with Crippen LogP contribution >= 0.6 is 15.9 Å². The predicted molar refractivity (Wildman–Crippen MR) is 92.0 cm³/mol. The van der Waals surface area contributed by atoms with Crippen LogP contribution in [0.2, 0.25) is 0 Å². The molecule has 1 aliphatic heterocycles. The number of aliphatic hydroxyl groups is 1. The average molecular weight is 411 g/mol. The zero-order valence-corrected chi connectivity index (χ0v) is 14.6. The van der Waals surface area contributed by atoms with Crippen molar-refractivity contribution in [3.63, 3.8) is 0 Å². The molecular formula is C14H15BrN6O4. The Morgan fingerprint density at radius 2 is 2.12 bits per heavy atom. The fourth-order valence-corrected chi connectivity index (χ4v) is 2.73. The van der Waals surface area contributed by atoms with Crippen molar-refractivity contribution in [2.45, 2.75) is 0 Å². The largest absolute Gasteiger partial charge is 0.449 e. The maximum atomic E-state index is 11.6. The molecule has 3 heterocycles. The Balaban J connectivity index is 1.85. The van der Waals surface area contributed by atoms with E-state index in [1.165, 1.54) is 0 Å². The normalized spacial score (nSPS) is 14.2. The third-order valence-electron chi connectivity index (χ3n) is 3.60. The molecule has 2 aromatic rings. The first kappa shape index (κ1) is 17.3. The van der Waals surface area contributed by atoms with E-state index in [4.69, 9.17) is 15.6 Å². The lowest BCUT2D eigenvalue weighted by Gasteiger charge is -2.40. The number of carbonyl (C=O) groups is 2. The van der Waals surface area contributed by atoms with E-state index in [9.17, 15) is 9.59 Å². The van der Waals surface area contributed by atoms with Gasteiger partial charge in [-0.15, -0.1) is 0 Å². The van der Waals surface area contributed by atoms with Gasteiger partial charge in [0.25, 0.3) is 5.91 Å². The molecule has 1 aliphatic rings. The lowest BCUT2D eigenvalue weighted by atomic mass is 10.0. The Morgan fingerprint density at radius 1 is 1.36 bits per heavy atom. The van der Waals surface area contributed by atoms with Gasteiger partial charge in [0.05, 0.1) is 6.61 Å². The van der Waals surface area contributed by atoms with Gasteiger partial charge in [0.1, 0.15) is 16.7 Å². The van der Waals surface area contributed by atoms with E-state index in [1.54, 1.807) is 12.1 Å². The van der Waals surface area contributed by atoms with Gasteiger partial charge >= 0.3 is 6.09 Å². The first-order valence-electron chi connectivity index (χ1n) is 7.38. The number of hydrogen-bond donors (Lipinski definition) is 3. The highest BCUT2D eigenvalue weighted by atomic mass is 79.9. The minimum Gasteiger partial charge on any atom is -0.449 e. The molecule has 0 aliphatic carbocycles. The highest BCUT2D eigenvalue weighted by Crippen LogP contribution is 2.30. The van der Waals surface area contributed by atoms with Gasteiger partial charge in [0.15, 0.2) is 17.3 Å².